The smallest absolute Gasteiger partial charge is 0.328 e. The summed E-state index contributed by atoms with van der Waals surface area (Å²) in [5, 5.41) is 38.0. The number of cyclic esters (lactones) is 1. The normalized spacial score (nSPS) is 24.2. The maximum atomic E-state index is 14.2. The molecule has 0 aliphatic carbocycles. The Bertz CT molecular complexity index is 1790. The quantitative estimate of drug-likeness (QED) is 0.0498. The van der Waals surface area contributed by atoms with Crippen LogP contribution in [0.1, 0.15) is 186 Å². The lowest BCUT2D eigenvalue weighted by Gasteiger charge is -2.29. The number of esters is 1. The summed E-state index contributed by atoms with van der Waals surface area (Å²) in [6, 6.07) is -9.61. The monoisotopic (exact) mass is 1020 g/mol. The van der Waals surface area contributed by atoms with Crippen molar-refractivity contribution in [2.24, 2.45) is 35.5 Å². The number of ether oxygens (including phenoxy) is 1. The Balaban J connectivity index is 4.02. The molecule has 0 bridgehead atoms. The number of hydrogen-bond acceptors (Lipinski definition) is 11. The second kappa shape index (κ2) is 33.4. The van der Waals surface area contributed by atoms with Gasteiger partial charge in [0.25, 0.3) is 0 Å². The van der Waals surface area contributed by atoms with Crippen molar-refractivity contribution in [1.29, 1.82) is 0 Å². The van der Waals surface area contributed by atoms with Gasteiger partial charge in [-0.15, -0.1) is 0 Å². The summed E-state index contributed by atoms with van der Waals surface area (Å²) < 4.78 is 6.02. The number of carboxylic acids is 2. The van der Waals surface area contributed by atoms with Crippen molar-refractivity contribution in [2.75, 3.05) is 0 Å². The first-order valence-electron chi connectivity index (χ1n) is 26.3. The largest absolute Gasteiger partial charge is 0.481 e. The standard InChI is InChI=1S/C52H91N7O13/c1-29(2)18-16-14-13-15-17-19-35-27-43(60)53-36(20-21-44(61)62)46(65)54-37(22-30(3)4)47(66)55-38(23-31(5)6)48(67)56-39(24-32(7)8)49(68)58-41(28-45(63)64)51(70)57-40(25-33(9)10)50(69)59-42(26-34(11)12)52(71)72-35/h29-42H,13-28H2,1-12H3,(H,53,60)(H,54,65)(H,55,66)(H,56,67)(H,57,70)(H,58,68)(H,59,69)(H,61,62)(H,63,64)/t35-,36-,37+,38+,39+,40-,41+,42-/m1/s1. The Hall–Kier alpha value is -5.30. The third-order valence-electron chi connectivity index (χ3n) is 12.0. The van der Waals surface area contributed by atoms with Crippen molar-refractivity contribution < 1.29 is 62.9 Å². The third kappa shape index (κ3) is 27.5. The fourth-order valence-electron chi connectivity index (χ4n) is 8.42. The van der Waals surface area contributed by atoms with E-state index in [0.717, 1.165) is 32.1 Å². The van der Waals surface area contributed by atoms with E-state index in [-0.39, 0.29) is 74.5 Å². The highest BCUT2D eigenvalue weighted by Crippen LogP contribution is 2.19. The number of unbranched alkanes of at least 4 members (excludes halogenated alkanes) is 4. The summed E-state index contributed by atoms with van der Waals surface area (Å²) >= 11 is 0. The number of hydrogen-bond donors (Lipinski definition) is 9. The maximum Gasteiger partial charge on any atom is 0.328 e. The van der Waals surface area contributed by atoms with E-state index in [1.165, 1.54) is 0 Å². The van der Waals surface area contributed by atoms with Crippen molar-refractivity contribution >= 4 is 59.3 Å². The molecule has 1 fully saturated rings. The van der Waals surface area contributed by atoms with Gasteiger partial charge in [0.05, 0.1) is 12.8 Å². The van der Waals surface area contributed by atoms with E-state index in [9.17, 15) is 58.2 Å². The molecule has 20 heteroatoms. The van der Waals surface area contributed by atoms with E-state index in [2.05, 4.69) is 51.1 Å². The molecule has 0 aromatic carbocycles. The van der Waals surface area contributed by atoms with Crippen LogP contribution in [0.2, 0.25) is 0 Å². The van der Waals surface area contributed by atoms with Crippen molar-refractivity contribution in [3.8, 4) is 0 Å². The van der Waals surface area contributed by atoms with E-state index < -0.39 is 127 Å². The van der Waals surface area contributed by atoms with Crippen molar-refractivity contribution in [2.45, 2.75) is 234 Å². The molecule has 0 aromatic heterocycles. The highest BCUT2D eigenvalue weighted by molar-refractivity contribution is 5.98. The molecule has 72 heavy (non-hydrogen) atoms. The summed E-state index contributed by atoms with van der Waals surface area (Å²) in [5.74, 6) is -9.77. The number of aliphatic carboxylic acids is 2. The van der Waals surface area contributed by atoms with Crippen LogP contribution in [0.4, 0.5) is 0 Å². The molecule has 1 heterocycles. The van der Waals surface area contributed by atoms with Crippen molar-refractivity contribution in [1.82, 2.24) is 37.2 Å². The van der Waals surface area contributed by atoms with E-state index in [0.29, 0.717) is 12.3 Å². The lowest BCUT2D eigenvalue weighted by atomic mass is 9.98. The Kier molecular flexibility index (Phi) is 30.0. The number of carboxylic acid groups (broad SMARTS) is 2. The number of amides is 7. The molecule has 0 spiro atoms. The molecular formula is C52H91N7O13. The van der Waals surface area contributed by atoms with Crippen LogP contribution in [-0.2, 0) is 52.7 Å². The van der Waals surface area contributed by atoms with E-state index in [1.807, 2.05) is 27.7 Å². The fraction of sp³-hybridized carbons (Fsp3) is 0.808. The van der Waals surface area contributed by atoms with Crippen LogP contribution < -0.4 is 37.2 Å². The predicted octanol–water partition coefficient (Wildman–Crippen LogP) is 4.65. The van der Waals surface area contributed by atoms with Gasteiger partial charge < -0.3 is 52.2 Å². The fourth-order valence-corrected chi connectivity index (χ4v) is 8.42. The molecule has 0 unspecified atom stereocenters. The molecule has 20 nitrogen and oxygen atoms in total. The van der Waals surface area contributed by atoms with Crippen LogP contribution in [0.25, 0.3) is 0 Å². The van der Waals surface area contributed by atoms with Crippen LogP contribution in [-0.4, -0.2) is 118 Å². The predicted molar refractivity (Wildman–Crippen MR) is 272 cm³/mol. The topological polar surface area (TPSA) is 305 Å². The Labute approximate surface area is 428 Å². The minimum Gasteiger partial charge on any atom is -0.481 e. The highest BCUT2D eigenvalue weighted by atomic mass is 16.5. The molecular weight excluding hydrogens is 931 g/mol. The molecule has 1 rings (SSSR count). The van der Waals surface area contributed by atoms with Gasteiger partial charge in [0.15, 0.2) is 0 Å². The van der Waals surface area contributed by atoms with Gasteiger partial charge in [0, 0.05) is 6.42 Å². The van der Waals surface area contributed by atoms with Crippen LogP contribution >= 0.6 is 0 Å². The second-order valence-electron chi connectivity index (χ2n) is 22.2. The first-order valence-corrected chi connectivity index (χ1v) is 26.3. The summed E-state index contributed by atoms with van der Waals surface area (Å²) in [6.07, 6.45) is 2.64. The summed E-state index contributed by atoms with van der Waals surface area (Å²) in [5.41, 5.74) is 0. The number of nitrogens with one attached hydrogen (secondary N) is 7. The minimum atomic E-state index is -1.72. The Morgan fingerprint density at radius 1 is 0.431 bits per heavy atom. The van der Waals surface area contributed by atoms with Crippen LogP contribution in [0, 0.1) is 35.5 Å². The maximum absolute atomic E-state index is 14.2. The van der Waals surface area contributed by atoms with Crippen molar-refractivity contribution in [3.63, 3.8) is 0 Å². The van der Waals surface area contributed by atoms with Gasteiger partial charge in [-0.2, -0.15) is 0 Å². The molecule has 9 N–H and O–H groups in total. The molecule has 1 saturated heterocycles. The van der Waals surface area contributed by atoms with Crippen molar-refractivity contribution in [3.05, 3.63) is 0 Å². The summed E-state index contributed by atoms with van der Waals surface area (Å²) in [6.45, 7) is 22.3. The molecule has 8 atom stereocenters. The first kappa shape index (κ1) is 64.7. The molecule has 0 radical (unpaired) electrons. The molecule has 0 aromatic rings. The molecule has 1 aliphatic heterocycles. The van der Waals surface area contributed by atoms with Gasteiger partial charge in [-0.25, -0.2) is 4.79 Å². The zero-order valence-electron chi connectivity index (χ0n) is 45.3. The van der Waals surface area contributed by atoms with E-state index in [1.54, 1.807) is 41.5 Å². The first-order chi connectivity index (χ1) is 33.6. The minimum absolute atomic E-state index is 0.0296. The van der Waals surface area contributed by atoms with Crippen LogP contribution in [0.5, 0.6) is 0 Å². The summed E-state index contributed by atoms with van der Waals surface area (Å²) in [7, 11) is 0. The second-order valence-corrected chi connectivity index (χ2v) is 22.2. The van der Waals surface area contributed by atoms with Gasteiger partial charge in [0.2, 0.25) is 41.4 Å². The highest BCUT2D eigenvalue weighted by Gasteiger charge is 2.37. The lowest BCUT2D eigenvalue weighted by molar-refractivity contribution is -0.155. The number of rotatable bonds is 23. The average Bonchev–Trinajstić information content (AvgIpc) is 3.24. The van der Waals surface area contributed by atoms with Gasteiger partial charge >= 0.3 is 17.9 Å². The van der Waals surface area contributed by atoms with E-state index >= 15 is 0 Å². The Morgan fingerprint density at radius 3 is 1.17 bits per heavy atom. The van der Waals surface area contributed by atoms with Crippen LogP contribution in [0.15, 0.2) is 0 Å². The molecule has 7 amide bonds. The van der Waals surface area contributed by atoms with Gasteiger partial charge in [0.1, 0.15) is 48.4 Å². The van der Waals surface area contributed by atoms with Crippen LogP contribution in [0.3, 0.4) is 0 Å². The zero-order chi connectivity index (χ0) is 54.8. The average molecular weight is 1020 g/mol. The molecule has 0 saturated carbocycles. The zero-order valence-corrected chi connectivity index (χ0v) is 45.3. The SMILES string of the molecule is CC(C)CCCCCCC[C@@H]1CC(=O)N[C@H](CCC(=O)O)C(=O)N[C@@H](CC(C)C)C(=O)N[C@@H](CC(C)C)C(=O)N[C@@H](CC(C)C)C(=O)N[C@@H](CC(=O)O)C(=O)N[C@H](CC(C)C)C(=O)N[C@H](CC(C)C)C(=O)O1. The van der Waals surface area contributed by atoms with Gasteiger partial charge in [-0.1, -0.05) is 115 Å². The summed E-state index contributed by atoms with van der Waals surface area (Å²) in [4.78, 5) is 137. The van der Waals surface area contributed by atoms with Gasteiger partial charge in [-0.3, -0.25) is 43.2 Å². The Morgan fingerprint density at radius 2 is 0.778 bits per heavy atom. The third-order valence-corrected chi connectivity index (χ3v) is 12.0. The molecule has 412 valence electrons. The van der Waals surface area contributed by atoms with Gasteiger partial charge in [-0.05, 0) is 86.9 Å². The lowest BCUT2D eigenvalue weighted by Crippen LogP contribution is -2.60. The van der Waals surface area contributed by atoms with E-state index in [4.69, 9.17) is 4.74 Å². The number of carbonyl (C=O) groups excluding carboxylic acids is 8. The number of carbonyl (C=O) groups is 10. The molecule has 1 aliphatic rings.